The van der Waals surface area contributed by atoms with Crippen molar-refractivity contribution < 1.29 is 4.74 Å². The first-order chi connectivity index (χ1) is 7.03. The Labute approximate surface area is 96.2 Å². The second-order valence-corrected chi connectivity index (χ2v) is 4.79. The molecular formula is C10H13BrN2O2. The number of rotatable bonds is 1. The van der Waals surface area contributed by atoms with Gasteiger partial charge in [-0.15, -0.1) is 0 Å². The number of aryl methyl sites for hydroxylation is 1. The topological polar surface area (TPSA) is 55.0 Å². The van der Waals surface area contributed by atoms with Crippen molar-refractivity contribution in [3.05, 3.63) is 26.3 Å². The molecule has 15 heavy (non-hydrogen) atoms. The number of aromatic nitrogens is 2. The van der Waals surface area contributed by atoms with Gasteiger partial charge in [0.2, 0.25) is 0 Å². The minimum absolute atomic E-state index is 0.144. The third kappa shape index (κ3) is 1.86. The second kappa shape index (κ2) is 3.72. The summed E-state index contributed by atoms with van der Waals surface area (Å²) in [5.41, 5.74) is 0.129. The molecule has 4 nitrogen and oxygen atoms in total. The van der Waals surface area contributed by atoms with E-state index in [9.17, 15) is 4.79 Å². The molecule has 1 aliphatic rings. The minimum atomic E-state index is -0.426. The smallest absolute Gasteiger partial charge is 0.265 e. The molecule has 1 aromatic rings. The normalized spacial score (nSPS) is 25.8. The third-order valence-electron chi connectivity index (χ3n) is 2.75. The number of nitrogens with zero attached hydrogens (tertiary/aromatic N) is 1. The maximum Gasteiger partial charge on any atom is 0.265 e. The summed E-state index contributed by atoms with van der Waals surface area (Å²) in [6.07, 6.45) is 1.91. The van der Waals surface area contributed by atoms with Gasteiger partial charge in [-0.05, 0) is 42.6 Å². The Bertz CT molecular complexity index is 436. The van der Waals surface area contributed by atoms with Gasteiger partial charge in [0.25, 0.3) is 5.56 Å². The van der Waals surface area contributed by atoms with Crippen LogP contribution in [-0.2, 0) is 10.3 Å². The molecule has 1 aromatic heterocycles. The summed E-state index contributed by atoms with van der Waals surface area (Å²) in [5, 5.41) is 0. The average Bonchev–Trinajstić information content (AvgIpc) is 2.62. The standard InChI is InChI=1S/C10H13BrN2O2/c1-6-7(11)8(14)13-9(12-6)10(2)4-3-5-15-10/h3-5H2,1-2H3,(H,12,13,14). The Morgan fingerprint density at radius 2 is 2.33 bits per heavy atom. The summed E-state index contributed by atoms with van der Waals surface area (Å²) in [5.74, 6) is 0.630. The van der Waals surface area contributed by atoms with Gasteiger partial charge in [0.05, 0.1) is 5.69 Å². The van der Waals surface area contributed by atoms with Crippen molar-refractivity contribution in [2.75, 3.05) is 6.61 Å². The molecule has 1 N–H and O–H groups in total. The predicted octanol–water partition coefficient (Wildman–Crippen LogP) is 1.87. The number of ether oxygens (including phenoxy) is 1. The van der Waals surface area contributed by atoms with E-state index in [0.717, 1.165) is 19.4 Å². The lowest BCUT2D eigenvalue weighted by atomic mass is 10.0. The van der Waals surface area contributed by atoms with E-state index < -0.39 is 5.60 Å². The Hall–Kier alpha value is -0.680. The molecule has 0 bridgehead atoms. The van der Waals surface area contributed by atoms with Crippen molar-refractivity contribution in [3.63, 3.8) is 0 Å². The molecule has 0 aromatic carbocycles. The Balaban J connectivity index is 2.50. The number of H-pyrrole nitrogens is 1. The highest BCUT2D eigenvalue weighted by molar-refractivity contribution is 9.10. The van der Waals surface area contributed by atoms with Gasteiger partial charge in [0, 0.05) is 6.61 Å². The van der Waals surface area contributed by atoms with Crippen molar-refractivity contribution >= 4 is 15.9 Å². The molecule has 1 atom stereocenters. The lowest BCUT2D eigenvalue weighted by molar-refractivity contribution is 0.00896. The zero-order chi connectivity index (χ0) is 11.1. The first-order valence-electron chi connectivity index (χ1n) is 4.94. The highest BCUT2D eigenvalue weighted by Crippen LogP contribution is 2.33. The fourth-order valence-corrected chi connectivity index (χ4v) is 1.98. The van der Waals surface area contributed by atoms with E-state index in [1.165, 1.54) is 0 Å². The summed E-state index contributed by atoms with van der Waals surface area (Å²) in [4.78, 5) is 18.7. The van der Waals surface area contributed by atoms with Crippen molar-refractivity contribution in [1.29, 1.82) is 0 Å². The third-order valence-corrected chi connectivity index (χ3v) is 3.68. The summed E-state index contributed by atoms with van der Waals surface area (Å²) in [6, 6.07) is 0. The number of halogens is 1. The summed E-state index contributed by atoms with van der Waals surface area (Å²) >= 11 is 3.19. The quantitative estimate of drug-likeness (QED) is 0.849. The first-order valence-corrected chi connectivity index (χ1v) is 5.73. The van der Waals surface area contributed by atoms with Crippen molar-refractivity contribution in [3.8, 4) is 0 Å². The van der Waals surface area contributed by atoms with Crippen LogP contribution in [0.3, 0.4) is 0 Å². The molecule has 5 heteroatoms. The minimum Gasteiger partial charge on any atom is -0.367 e. The van der Waals surface area contributed by atoms with Gasteiger partial charge in [-0.1, -0.05) is 0 Å². The summed E-state index contributed by atoms with van der Waals surface area (Å²) in [7, 11) is 0. The maximum absolute atomic E-state index is 11.6. The van der Waals surface area contributed by atoms with E-state index >= 15 is 0 Å². The molecular weight excluding hydrogens is 260 g/mol. The molecule has 1 aliphatic heterocycles. The first kappa shape index (κ1) is 10.8. The predicted molar refractivity (Wildman–Crippen MR) is 59.8 cm³/mol. The Morgan fingerprint density at radius 1 is 1.60 bits per heavy atom. The van der Waals surface area contributed by atoms with E-state index in [4.69, 9.17) is 4.74 Å². The average molecular weight is 273 g/mol. The SMILES string of the molecule is Cc1nc(C2(C)CCCO2)[nH]c(=O)c1Br. The van der Waals surface area contributed by atoms with E-state index in [0.29, 0.717) is 16.0 Å². The van der Waals surface area contributed by atoms with E-state index in [-0.39, 0.29) is 5.56 Å². The maximum atomic E-state index is 11.6. The van der Waals surface area contributed by atoms with Crippen LogP contribution in [0.15, 0.2) is 9.27 Å². The van der Waals surface area contributed by atoms with Crippen LogP contribution in [0.4, 0.5) is 0 Å². The van der Waals surface area contributed by atoms with Gasteiger partial charge in [-0.3, -0.25) is 4.79 Å². The highest BCUT2D eigenvalue weighted by atomic mass is 79.9. The zero-order valence-corrected chi connectivity index (χ0v) is 10.3. The van der Waals surface area contributed by atoms with Crippen molar-refractivity contribution in [1.82, 2.24) is 9.97 Å². The number of aromatic amines is 1. The molecule has 0 saturated carbocycles. The van der Waals surface area contributed by atoms with Crippen LogP contribution in [0.5, 0.6) is 0 Å². The molecule has 0 aliphatic carbocycles. The van der Waals surface area contributed by atoms with Crippen molar-refractivity contribution in [2.24, 2.45) is 0 Å². The largest absolute Gasteiger partial charge is 0.367 e. The Kier molecular flexibility index (Phi) is 2.68. The van der Waals surface area contributed by atoms with Gasteiger partial charge in [-0.2, -0.15) is 0 Å². The lowest BCUT2D eigenvalue weighted by Crippen LogP contribution is -2.28. The monoisotopic (exact) mass is 272 g/mol. The van der Waals surface area contributed by atoms with Crippen LogP contribution in [-0.4, -0.2) is 16.6 Å². The van der Waals surface area contributed by atoms with Gasteiger partial charge in [0.15, 0.2) is 0 Å². The van der Waals surface area contributed by atoms with Crippen LogP contribution in [0.25, 0.3) is 0 Å². The van der Waals surface area contributed by atoms with Gasteiger partial charge in [-0.25, -0.2) is 4.98 Å². The molecule has 0 amide bonds. The van der Waals surface area contributed by atoms with Gasteiger partial charge in [0.1, 0.15) is 15.9 Å². The summed E-state index contributed by atoms with van der Waals surface area (Å²) < 4.78 is 6.12. The van der Waals surface area contributed by atoms with Crippen LogP contribution < -0.4 is 5.56 Å². The number of hydrogen-bond donors (Lipinski definition) is 1. The van der Waals surface area contributed by atoms with Crippen molar-refractivity contribution in [2.45, 2.75) is 32.3 Å². The molecule has 2 heterocycles. The van der Waals surface area contributed by atoms with Gasteiger partial charge >= 0.3 is 0 Å². The fraction of sp³-hybridized carbons (Fsp3) is 0.600. The van der Waals surface area contributed by atoms with E-state index in [1.807, 2.05) is 6.92 Å². The molecule has 0 radical (unpaired) electrons. The molecule has 1 unspecified atom stereocenters. The lowest BCUT2D eigenvalue weighted by Gasteiger charge is -2.22. The summed E-state index contributed by atoms with van der Waals surface area (Å²) in [6.45, 7) is 4.50. The van der Waals surface area contributed by atoms with E-state index in [1.54, 1.807) is 6.92 Å². The molecule has 1 fully saturated rings. The Morgan fingerprint density at radius 3 is 2.87 bits per heavy atom. The molecule has 82 valence electrons. The number of nitrogens with one attached hydrogen (secondary N) is 1. The molecule has 1 saturated heterocycles. The van der Waals surface area contributed by atoms with Crippen LogP contribution in [0.1, 0.15) is 31.3 Å². The van der Waals surface area contributed by atoms with Crippen LogP contribution in [0, 0.1) is 6.92 Å². The fourth-order valence-electron chi connectivity index (χ4n) is 1.79. The van der Waals surface area contributed by atoms with Crippen LogP contribution in [0.2, 0.25) is 0 Å². The number of hydrogen-bond acceptors (Lipinski definition) is 3. The zero-order valence-electron chi connectivity index (χ0n) is 8.76. The van der Waals surface area contributed by atoms with Gasteiger partial charge < -0.3 is 9.72 Å². The van der Waals surface area contributed by atoms with E-state index in [2.05, 4.69) is 25.9 Å². The second-order valence-electron chi connectivity index (χ2n) is 4.00. The molecule has 0 spiro atoms. The van der Waals surface area contributed by atoms with Crippen LogP contribution >= 0.6 is 15.9 Å². The molecule has 2 rings (SSSR count). The highest BCUT2D eigenvalue weighted by Gasteiger charge is 2.34.